The Bertz CT molecular complexity index is 619. The number of anilines is 1. The highest BCUT2D eigenvalue weighted by atomic mass is 35.5. The lowest BCUT2D eigenvalue weighted by Gasteiger charge is -2.08. The van der Waals surface area contributed by atoms with Crippen LogP contribution in [0.4, 0.5) is 11.4 Å². The number of nitrogens with two attached hydrogens (primary N) is 1. The van der Waals surface area contributed by atoms with Crippen LogP contribution in [0.2, 0.25) is 5.02 Å². The average molecular weight is 280 g/mol. The average Bonchev–Trinajstić information content (AvgIpc) is 2.38. The number of nitro groups is 1. The van der Waals surface area contributed by atoms with Crippen molar-refractivity contribution in [3.8, 4) is 11.5 Å². The van der Waals surface area contributed by atoms with Gasteiger partial charge in [0, 0.05) is 17.2 Å². The predicted octanol–water partition coefficient (Wildman–Crippen LogP) is 3.33. The second kappa shape index (κ2) is 5.55. The molecule has 7 heteroatoms. The van der Waals surface area contributed by atoms with Gasteiger partial charge in [-0.3, -0.25) is 16.0 Å². The fraction of sp³-hybridized carbons (Fsp3) is 0. The zero-order valence-corrected chi connectivity index (χ0v) is 10.4. The van der Waals surface area contributed by atoms with Crippen LogP contribution in [0.15, 0.2) is 42.5 Å². The van der Waals surface area contributed by atoms with Crippen molar-refractivity contribution >= 4 is 23.0 Å². The number of benzene rings is 2. The minimum atomic E-state index is -0.522. The minimum absolute atomic E-state index is 0.118. The second-order valence-electron chi connectivity index (χ2n) is 3.68. The molecule has 0 heterocycles. The molecule has 6 nitrogen and oxygen atoms in total. The van der Waals surface area contributed by atoms with Crippen molar-refractivity contribution in [2.24, 2.45) is 5.84 Å². The largest absolute Gasteiger partial charge is 0.457 e. The highest BCUT2D eigenvalue weighted by Crippen LogP contribution is 2.30. The van der Waals surface area contributed by atoms with Gasteiger partial charge in [0.2, 0.25) is 0 Å². The summed E-state index contributed by atoms with van der Waals surface area (Å²) in [5, 5.41) is 11.3. The molecule has 0 spiro atoms. The molecule has 0 fully saturated rings. The molecule has 19 heavy (non-hydrogen) atoms. The number of nitrogens with one attached hydrogen (secondary N) is 1. The number of hydrogen-bond donors (Lipinski definition) is 2. The van der Waals surface area contributed by atoms with E-state index in [9.17, 15) is 10.1 Å². The van der Waals surface area contributed by atoms with Crippen molar-refractivity contribution < 1.29 is 9.66 Å². The summed E-state index contributed by atoms with van der Waals surface area (Å²) in [6, 6.07) is 10.9. The molecule has 2 aromatic carbocycles. The predicted molar refractivity (Wildman–Crippen MR) is 72.4 cm³/mol. The Morgan fingerprint density at radius 3 is 2.63 bits per heavy atom. The van der Waals surface area contributed by atoms with Crippen LogP contribution in [0.25, 0.3) is 0 Å². The van der Waals surface area contributed by atoms with E-state index >= 15 is 0 Å². The van der Waals surface area contributed by atoms with Gasteiger partial charge < -0.3 is 10.2 Å². The standard InChI is InChI=1S/C12H10ClN3O3/c13-8-2-1-3-11(4-8)19-12-6-9(15-14)5-10(7-12)16(17)18/h1-7,15H,14H2. The summed E-state index contributed by atoms with van der Waals surface area (Å²) < 4.78 is 5.51. The highest BCUT2D eigenvalue weighted by Gasteiger charge is 2.11. The van der Waals surface area contributed by atoms with Gasteiger partial charge in [-0.25, -0.2) is 0 Å². The first-order valence-corrected chi connectivity index (χ1v) is 5.66. The third-order valence-corrected chi connectivity index (χ3v) is 2.54. The summed E-state index contributed by atoms with van der Waals surface area (Å²) in [5.41, 5.74) is 2.61. The first-order chi connectivity index (χ1) is 9.08. The SMILES string of the molecule is NNc1cc(Oc2cccc(Cl)c2)cc([N+](=O)[O-])c1. The first-order valence-electron chi connectivity index (χ1n) is 5.28. The molecule has 0 saturated heterocycles. The van der Waals surface area contributed by atoms with E-state index in [0.717, 1.165) is 0 Å². The number of hydrogen-bond acceptors (Lipinski definition) is 5. The van der Waals surface area contributed by atoms with Gasteiger partial charge in [0.05, 0.1) is 16.7 Å². The number of ether oxygens (including phenoxy) is 1. The van der Waals surface area contributed by atoms with E-state index in [1.165, 1.54) is 12.1 Å². The smallest absolute Gasteiger partial charge is 0.275 e. The van der Waals surface area contributed by atoms with Crippen LogP contribution in [0, 0.1) is 10.1 Å². The molecule has 98 valence electrons. The van der Waals surface area contributed by atoms with Crippen molar-refractivity contribution in [1.29, 1.82) is 0 Å². The molecule has 2 rings (SSSR count). The van der Waals surface area contributed by atoms with Crippen LogP contribution in [-0.4, -0.2) is 4.92 Å². The molecule has 3 N–H and O–H groups in total. The normalized spacial score (nSPS) is 10.0. The molecule has 0 aliphatic heterocycles. The summed E-state index contributed by atoms with van der Waals surface area (Å²) in [4.78, 5) is 10.3. The van der Waals surface area contributed by atoms with E-state index in [0.29, 0.717) is 22.2 Å². The monoisotopic (exact) mass is 279 g/mol. The van der Waals surface area contributed by atoms with Gasteiger partial charge in [-0.1, -0.05) is 17.7 Å². The number of non-ortho nitro benzene ring substituents is 1. The first kappa shape index (κ1) is 13.1. The molecule has 0 radical (unpaired) electrons. The maximum atomic E-state index is 10.8. The zero-order valence-electron chi connectivity index (χ0n) is 9.67. The van der Waals surface area contributed by atoms with Gasteiger partial charge in [-0.15, -0.1) is 0 Å². The van der Waals surface area contributed by atoms with E-state index in [-0.39, 0.29) is 5.69 Å². The molecule has 0 aliphatic carbocycles. The van der Waals surface area contributed by atoms with Gasteiger partial charge in [0.15, 0.2) is 0 Å². The fourth-order valence-corrected chi connectivity index (χ4v) is 1.68. The Morgan fingerprint density at radius 2 is 2.00 bits per heavy atom. The molecule has 0 aromatic heterocycles. The Labute approximate surface area is 113 Å². The molecule has 0 aliphatic rings. The molecule has 0 atom stereocenters. The molecular formula is C12H10ClN3O3. The van der Waals surface area contributed by atoms with Crippen LogP contribution in [0.1, 0.15) is 0 Å². The van der Waals surface area contributed by atoms with E-state index in [1.54, 1.807) is 30.3 Å². The van der Waals surface area contributed by atoms with Crippen LogP contribution in [-0.2, 0) is 0 Å². The Balaban J connectivity index is 2.34. The van der Waals surface area contributed by atoms with Crippen molar-refractivity contribution in [3.63, 3.8) is 0 Å². The molecule has 0 amide bonds. The van der Waals surface area contributed by atoms with E-state index in [2.05, 4.69) is 5.43 Å². The summed E-state index contributed by atoms with van der Waals surface area (Å²) >= 11 is 5.83. The van der Waals surface area contributed by atoms with Gasteiger partial charge in [0.1, 0.15) is 11.5 Å². The van der Waals surface area contributed by atoms with Crippen molar-refractivity contribution in [3.05, 3.63) is 57.6 Å². The molecular weight excluding hydrogens is 270 g/mol. The van der Waals surface area contributed by atoms with Gasteiger partial charge in [-0.2, -0.15) is 0 Å². The fourth-order valence-electron chi connectivity index (χ4n) is 1.50. The van der Waals surface area contributed by atoms with Gasteiger partial charge in [0.25, 0.3) is 5.69 Å². The lowest BCUT2D eigenvalue weighted by Crippen LogP contribution is -2.07. The van der Waals surface area contributed by atoms with Crippen molar-refractivity contribution in [1.82, 2.24) is 0 Å². The number of nitro benzene ring substituents is 1. The quantitative estimate of drug-likeness (QED) is 0.509. The van der Waals surface area contributed by atoms with E-state index in [1.807, 2.05) is 0 Å². The molecule has 2 aromatic rings. The van der Waals surface area contributed by atoms with Crippen molar-refractivity contribution in [2.45, 2.75) is 0 Å². The maximum absolute atomic E-state index is 10.8. The van der Waals surface area contributed by atoms with Crippen molar-refractivity contribution in [2.75, 3.05) is 5.43 Å². The van der Waals surface area contributed by atoms with Crippen LogP contribution < -0.4 is 16.0 Å². The van der Waals surface area contributed by atoms with Gasteiger partial charge >= 0.3 is 0 Å². The molecule has 0 unspecified atom stereocenters. The number of nitrogens with zero attached hydrogens (tertiary/aromatic N) is 1. The zero-order chi connectivity index (χ0) is 13.8. The Hall–Kier alpha value is -2.31. The Morgan fingerprint density at radius 1 is 1.21 bits per heavy atom. The topological polar surface area (TPSA) is 90.4 Å². The maximum Gasteiger partial charge on any atom is 0.275 e. The lowest BCUT2D eigenvalue weighted by atomic mass is 10.2. The Kier molecular flexibility index (Phi) is 3.84. The second-order valence-corrected chi connectivity index (χ2v) is 4.11. The van der Waals surface area contributed by atoms with E-state index < -0.39 is 4.92 Å². The summed E-state index contributed by atoms with van der Waals surface area (Å²) in [6.07, 6.45) is 0. The number of nitrogen functional groups attached to an aromatic ring is 1. The highest BCUT2D eigenvalue weighted by molar-refractivity contribution is 6.30. The third-order valence-electron chi connectivity index (χ3n) is 2.30. The van der Waals surface area contributed by atoms with E-state index in [4.69, 9.17) is 22.2 Å². The summed E-state index contributed by atoms with van der Waals surface area (Å²) in [5.74, 6) is 6.03. The number of hydrazine groups is 1. The number of halogens is 1. The molecule has 0 bridgehead atoms. The van der Waals surface area contributed by atoms with Crippen LogP contribution >= 0.6 is 11.6 Å². The summed E-state index contributed by atoms with van der Waals surface area (Å²) in [7, 11) is 0. The minimum Gasteiger partial charge on any atom is -0.457 e. The van der Waals surface area contributed by atoms with Gasteiger partial charge in [-0.05, 0) is 18.2 Å². The third kappa shape index (κ3) is 3.34. The number of rotatable bonds is 4. The van der Waals surface area contributed by atoms with Crippen LogP contribution in [0.5, 0.6) is 11.5 Å². The lowest BCUT2D eigenvalue weighted by molar-refractivity contribution is -0.384. The van der Waals surface area contributed by atoms with Crippen LogP contribution in [0.3, 0.4) is 0 Å². The molecule has 0 saturated carbocycles. The summed E-state index contributed by atoms with van der Waals surface area (Å²) in [6.45, 7) is 0.